The van der Waals surface area contributed by atoms with E-state index < -0.39 is 12.3 Å². The molecule has 2 rings (SSSR count). The first-order chi connectivity index (χ1) is 11.4. The molecule has 132 valence electrons. The van der Waals surface area contributed by atoms with Crippen LogP contribution in [0.15, 0.2) is 12.1 Å². The lowest BCUT2D eigenvalue weighted by Gasteiger charge is -2.28. The fourth-order valence-corrected chi connectivity index (χ4v) is 2.72. The predicted octanol–water partition coefficient (Wildman–Crippen LogP) is -1.12. The Hall–Kier alpha value is -2.55. The van der Waals surface area contributed by atoms with Crippen LogP contribution in [-0.4, -0.2) is 61.4 Å². The molecule has 0 radical (unpaired) electrons. The monoisotopic (exact) mass is 336 g/mol. The van der Waals surface area contributed by atoms with Crippen LogP contribution in [0.25, 0.3) is 0 Å². The van der Waals surface area contributed by atoms with E-state index in [1.807, 2.05) is 16.8 Å². The van der Waals surface area contributed by atoms with Gasteiger partial charge < -0.3 is 31.3 Å². The van der Waals surface area contributed by atoms with Crippen LogP contribution in [0.5, 0.6) is 0 Å². The number of hydrogen-bond acceptors (Lipinski definition) is 7. The average Bonchev–Trinajstić information content (AvgIpc) is 2.89. The summed E-state index contributed by atoms with van der Waals surface area (Å²) in [7, 11) is 1.84. The maximum atomic E-state index is 10.9. The normalized spacial score (nSPS) is 19.9. The molecule has 2 heterocycles. The fourth-order valence-electron chi connectivity index (χ4n) is 2.72. The number of pyridine rings is 1. The van der Waals surface area contributed by atoms with E-state index in [1.165, 1.54) is 6.92 Å². The summed E-state index contributed by atoms with van der Waals surface area (Å²) in [5.74, 6) is 1.12. The molecular weight excluding hydrogens is 312 g/mol. The van der Waals surface area contributed by atoms with Crippen LogP contribution in [0.1, 0.15) is 13.3 Å². The molecule has 5 N–H and O–H groups in total. The number of carbonyl (C=O) groups excluding carboxylic acids is 2. The minimum Gasteiger partial charge on any atom is -0.396 e. The maximum Gasteiger partial charge on any atom is 0.216 e. The summed E-state index contributed by atoms with van der Waals surface area (Å²) >= 11 is 0. The Balaban J connectivity index is 2.15. The number of nitrogens with zero attached hydrogens (tertiary/aromatic N) is 3. The van der Waals surface area contributed by atoms with Gasteiger partial charge in [0, 0.05) is 33.6 Å². The van der Waals surface area contributed by atoms with Gasteiger partial charge in [0.2, 0.25) is 12.3 Å². The van der Waals surface area contributed by atoms with Gasteiger partial charge in [0.05, 0.1) is 11.8 Å². The van der Waals surface area contributed by atoms with Gasteiger partial charge in [-0.15, -0.1) is 0 Å². The zero-order valence-corrected chi connectivity index (χ0v) is 13.9. The smallest absolute Gasteiger partial charge is 0.216 e. The molecule has 0 spiro atoms. The van der Waals surface area contributed by atoms with Crippen molar-refractivity contribution in [3.05, 3.63) is 12.1 Å². The van der Waals surface area contributed by atoms with Crippen molar-refractivity contribution >= 4 is 29.6 Å². The molecule has 1 aromatic heterocycles. The zero-order chi connectivity index (χ0) is 17.7. The van der Waals surface area contributed by atoms with E-state index in [4.69, 9.17) is 5.73 Å². The molecule has 1 aromatic rings. The van der Waals surface area contributed by atoms with E-state index >= 15 is 0 Å². The number of hydrogen-bond donors (Lipinski definition) is 4. The number of nitrogens with two attached hydrogens (primary N) is 1. The molecule has 1 saturated heterocycles. The summed E-state index contributed by atoms with van der Waals surface area (Å²) in [5, 5.41) is 15.3. The van der Waals surface area contributed by atoms with Gasteiger partial charge >= 0.3 is 0 Å². The largest absolute Gasteiger partial charge is 0.396 e. The highest BCUT2D eigenvalue weighted by Gasteiger charge is 2.33. The van der Waals surface area contributed by atoms with E-state index in [0.717, 1.165) is 0 Å². The fraction of sp³-hybridized carbons (Fsp3) is 0.533. The number of aliphatic hydroxyl groups is 1. The van der Waals surface area contributed by atoms with Gasteiger partial charge in [0.1, 0.15) is 12.0 Å². The molecule has 0 aromatic carbocycles. The van der Waals surface area contributed by atoms with Crippen molar-refractivity contribution in [3.8, 4) is 0 Å². The van der Waals surface area contributed by atoms with Crippen LogP contribution in [-0.2, 0) is 9.59 Å². The highest BCUT2D eigenvalue weighted by atomic mass is 16.3. The van der Waals surface area contributed by atoms with E-state index in [2.05, 4.69) is 15.6 Å². The summed E-state index contributed by atoms with van der Waals surface area (Å²) in [5.41, 5.74) is 6.53. The Morgan fingerprint density at radius 3 is 3.00 bits per heavy atom. The highest BCUT2D eigenvalue weighted by Crippen LogP contribution is 2.28. The standard InChI is InChI=1S/C15H24N6O3/c1-10(23)17-6-8-20(2)14-11(16)3-4-13(19-14)21-7-5-12(24)15(21)18-9-22/h3-4,9,12,15,24H,5-8,16H2,1-2H3,(H,17,23)(H,18,22). The number of anilines is 3. The van der Waals surface area contributed by atoms with Gasteiger partial charge in [-0.25, -0.2) is 4.98 Å². The Labute approximate surface area is 140 Å². The summed E-state index contributed by atoms with van der Waals surface area (Å²) in [6.45, 7) is 3.08. The van der Waals surface area contributed by atoms with Crippen LogP contribution in [0.2, 0.25) is 0 Å². The van der Waals surface area contributed by atoms with Gasteiger partial charge in [-0.2, -0.15) is 0 Å². The molecule has 0 aliphatic carbocycles. The molecule has 2 atom stereocenters. The molecule has 9 heteroatoms. The number of amides is 2. The van der Waals surface area contributed by atoms with Crippen LogP contribution < -0.4 is 26.2 Å². The van der Waals surface area contributed by atoms with Crippen molar-refractivity contribution in [3.63, 3.8) is 0 Å². The topological polar surface area (TPSA) is 124 Å². The van der Waals surface area contributed by atoms with Crippen LogP contribution in [0.4, 0.5) is 17.3 Å². The summed E-state index contributed by atoms with van der Waals surface area (Å²) < 4.78 is 0. The van der Waals surface area contributed by atoms with Crippen molar-refractivity contribution in [2.24, 2.45) is 0 Å². The second-order valence-electron chi connectivity index (χ2n) is 5.77. The molecule has 1 aliphatic rings. The van der Waals surface area contributed by atoms with E-state index in [1.54, 1.807) is 12.1 Å². The number of carbonyl (C=O) groups is 2. The Bertz CT molecular complexity index is 597. The number of nitrogens with one attached hydrogen (secondary N) is 2. The molecule has 2 amide bonds. The predicted molar refractivity (Wildman–Crippen MR) is 91.6 cm³/mol. The van der Waals surface area contributed by atoms with E-state index in [9.17, 15) is 14.7 Å². The Morgan fingerprint density at radius 2 is 2.33 bits per heavy atom. The number of aliphatic hydroxyl groups excluding tert-OH is 1. The lowest BCUT2D eigenvalue weighted by atomic mass is 10.3. The van der Waals surface area contributed by atoms with Crippen LogP contribution >= 0.6 is 0 Å². The maximum absolute atomic E-state index is 10.9. The second-order valence-corrected chi connectivity index (χ2v) is 5.77. The lowest BCUT2D eigenvalue weighted by Crippen LogP contribution is -2.46. The molecule has 2 unspecified atom stereocenters. The van der Waals surface area contributed by atoms with Crippen LogP contribution in [0.3, 0.4) is 0 Å². The van der Waals surface area contributed by atoms with Crippen molar-refractivity contribution < 1.29 is 14.7 Å². The molecule has 1 aliphatic heterocycles. The third-order valence-electron chi connectivity index (χ3n) is 3.97. The van der Waals surface area contributed by atoms with Gasteiger partial charge in [-0.1, -0.05) is 0 Å². The quantitative estimate of drug-likeness (QED) is 0.465. The van der Waals surface area contributed by atoms with Crippen molar-refractivity contribution in [2.75, 3.05) is 42.2 Å². The van der Waals surface area contributed by atoms with Gasteiger partial charge in [-0.3, -0.25) is 9.59 Å². The summed E-state index contributed by atoms with van der Waals surface area (Å²) in [4.78, 5) is 30.0. The number of rotatable bonds is 7. The lowest BCUT2D eigenvalue weighted by molar-refractivity contribution is -0.118. The first-order valence-corrected chi connectivity index (χ1v) is 7.80. The minimum absolute atomic E-state index is 0.0908. The minimum atomic E-state index is -0.643. The van der Waals surface area contributed by atoms with Gasteiger partial charge in [-0.05, 0) is 18.6 Å². The Kier molecular flexibility index (Phi) is 5.80. The Morgan fingerprint density at radius 1 is 1.58 bits per heavy atom. The van der Waals surface area contributed by atoms with Gasteiger partial charge in [0.15, 0.2) is 5.82 Å². The third-order valence-corrected chi connectivity index (χ3v) is 3.97. The number of aromatic nitrogens is 1. The second kappa shape index (κ2) is 7.82. The number of nitrogen functional groups attached to an aromatic ring is 1. The van der Waals surface area contributed by atoms with Crippen molar-refractivity contribution in [2.45, 2.75) is 25.6 Å². The molecule has 0 saturated carbocycles. The molecular formula is C15H24N6O3. The highest BCUT2D eigenvalue weighted by molar-refractivity contribution is 5.73. The molecule has 0 bridgehead atoms. The molecule has 9 nitrogen and oxygen atoms in total. The van der Waals surface area contributed by atoms with E-state index in [0.29, 0.717) is 49.8 Å². The average molecular weight is 336 g/mol. The zero-order valence-electron chi connectivity index (χ0n) is 13.9. The summed E-state index contributed by atoms with van der Waals surface area (Å²) in [6.07, 6.45) is -0.0263. The van der Waals surface area contributed by atoms with Crippen LogP contribution in [0, 0.1) is 0 Å². The van der Waals surface area contributed by atoms with E-state index in [-0.39, 0.29) is 5.91 Å². The molecule has 1 fully saturated rings. The number of likely N-dealkylation sites (N-methyl/N-ethyl adjacent to an activating group) is 1. The first kappa shape index (κ1) is 17.8. The first-order valence-electron chi connectivity index (χ1n) is 7.80. The third kappa shape index (κ3) is 4.05. The van der Waals surface area contributed by atoms with Crippen molar-refractivity contribution in [1.82, 2.24) is 15.6 Å². The molecule has 24 heavy (non-hydrogen) atoms. The van der Waals surface area contributed by atoms with Gasteiger partial charge in [0.25, 0.3) is 0 Å². The SMILES string of the molecule is CC(=O)NCCN(C)c1nc(N2CCC(O)C2NC=O)ccc1N. The van der Waals surface area contributed by atoms with Crippen molar-refractivity contribution in [1.29, 1.82) is 0 Å². The summed E-state index contributed by atoms with van der Waals surface area (Å²) in [6, 6.07) is 3.51.